The van der Waals surface area contributed by atoms with E-state index in [-0.39, 0.29) is 31.1 Å². The van der Waals surface area contributed by atoms with E-state index in [1.54, 1.807) is 0 Å². The Balaban J connectivity index is 4.45. The summed E-state index contributed by atoms with van der Waals surface area (Å²) < 4.78 is 16.9. The number of unbranched alkanes of at least 4 members (excludes halogenated alkanes) is 23. The fraction of sp³-hybridized carbons (Fsp3) is 0.623. The van der Waals surface area contributed by atoms with Gasteiger partial charge in [-0.25, -0.2) is 0 Å². The Morgan fingerprint density at radius 2 is 0.470 bits per heavy atom. The second kappa shape index (κ2) is 69.5. The summed E-state index contributed by atoms with van der Waals surface area (Å²) >= 11 is 0. The molecule has 6 nitrogen and oxygen atoms in total. The third-order valence-corrected chi connectivity index (χ3v) is 14.0. The van der Waals surface area contributed by atoms with Gasteiger partial charge in [0.25, 0.3) is 0 Å². The van der Waals surface area contributed by atoms with Crippen LogP contribution in [0.3, 0.4) is 0 Å². The number of carbonyl (C=O) groups is 3. The van der Waals surface area contributed by atoms with Gasteiger partial charge in [-0.1, -0.05) is 275 Å². The number of hydrogen-bond acceptors (Lipinski definition) is 6. The molecular formula is C77H124O6. The molecule has 0 spiro atoms. The summed E-state index contributed by atoms with van der Waals surface area (Å²) in [6.07, 6.45) is 101. The van der Waals surface area contributed by atoms with Crippen LogP contribution in [0, 0.1) is 0 Å². The molecule has 1 atom stereocenters. The van der Waals surface area contributed by atoms with Gasteiger partial charge in [0.2, 0.25) is 0 Å². The first-order valence-corrected chi connectivity index (χ1v) is 34.0. The van der Waals surface area contributed by atoms with Gasteiger partial charge in [-0.2, -0.15) is 0 Å². The lowest BCUT2D eigenvalue weighted by molar-refractivity contribution is -0.167. The normalized spacial score (nSPS) is 13.1. The van der Waals surface area contributed by atoms with Crippen LogP contribution < -0.4 is 0 Å². The molecule has 0 aliphatic rings. The highest BCUT2D eigenvalue weighted by Crippen LogP contribution is 2.15. The highest BCUT2D eigenvalue weighted by Gasteiger charge is 2.19. The lowest BCUT2D eigenvalue weighted by Crippen LogP contribution is -2.30. The van der Waals surface area contributed by atoms with Crippen LogP contribution in [-0.4, -0.2) is 37.2 Å². The molecule has 0 aliphatic carbocycles. The molecule has 0 radical (unpaired) electrons. The first kappa shape index (κ1) is 78.0. The molecule has 0 amide bonds. The van der Waals surface area contributed by atoms with Crippen molar-refractivity contribution in [2.45, 2.75) is 297 Å². The minimum absolute atomic E-state index is 0.101. The van der Waals surface area contributed by atoms with Gasteiger partial charge < -0.3 is 14.2 Å². The molecule has 0 bridgehead atoms. The Morgan fingerprint density at radius 1 is 0.253 bits per heavy atom. The van der Waals surface area contributed by atoms with Crippen molar-refractivity contribution in [3.63, 3.8) is 0 Å². The number of rotatable bonds is 60. The van der Waals surface area contributed by atoms with E-state index in [9.17, 15) is 14.4 Å². The minimum Gasteiger partial charge on any atom is -0.462 e. The Kier molecular flexibility index (Phi) is 65.4. The fourth-order valence-corrected chi connectivity index (χ4v) is 8.91. The first-order chi connectivity index (χ1) is 41.0. The summed E-state index contributed by atoms with van der Waals surface area (Å²) in [4.78, 5) is 38.4. The Labute approximate surface area is 511 Å². The first-order valence-electron chi connectivity index (χ1n) is 34.0. The highest BCUT2D eigenvalue weighted by molar-refractivity contribution is 5.71. The number of ether oxygens (including phenoxy) is 3. The zero-order valence-corrected chi connectivity index (χ0v) is 53.7. The molecule has 0 heterocycles. The summed E-state index contributed by atoms with van der Waals surface area (Å²) in [5.74, 6) is -0.950. The van der Waals surface area contributed by atoms with Crippen LogP contribution in [0.25, 0.3) is 0 Å². The number of carbonyl (C=O) groups excluding carboxylic acids is 3. The molecular weight excluding hydrogens is 1020 g/mol. The SMILES string of the molecule is CC/C=C\C/C=C\C/C=C\C/C=C\C/C=C\C/C=C\C/C=C\C/C=C\C/C=C\CCCCCC(=O)OCC(COC(=O)CCCCCCCCC/C=C\C/C=C\CCCCC)OC(=O)CCCCCCCCC/C=C\C/C=C\CCCCC. The minimum atomic E-state index is -0.809. The van der Waals surface area contributed by atoms with Crippen molar-refractivity contribution in [1.82, 2.24) is 0 Å². The average Bonchev–Trinajstić information content (AvgIpc) is 3.49. The summed E-state index contributed by atoms with van der Waals surface area (Å²) in [6.45, 7) is 6.44. The smallest absolute Gasteiger partial charge is 0.306 e. The van der Waals surface area contributed by atoms with Crippen molar-refractivity contribution in [2.75, 3.05) is 13.2 Å². The molecule has 0 aromatic heterocycles. The van der Waals surface area contributed by atoms with Gasteiger partial charge in [-0.05, 0) is 154 Å². The Morgan fingerprint density at radius 3 is 0.747 bits per heavy atom. The van der Waals surface area contributed by atoms with Crippen LogP contribution >= 0.6 is 0 Å². The lowest BCUT2D eigenvalue weighted by Gasteiger charge is -2.18. The van der Waals surface area contributed by atoms with E-state index in [4.69, 9.17) is 14.2 Å². The quantitative estimate of drug-likeness (QED) is 0.0261. The molecule has 0 fully saturated rings. The van der Waals surface area contributed by atoms with E-state index >= 15 is 0 Å². The maximum atomic E-state index is 12.9. The molecule has 6 heteroatoms. The van der Waals surface area contributed by atoms with Gasteiger partial charge in [0, 0.05) is 19.3 Å². The molecule has 0 saturated carbocycles. The molecule has 1 unspecified atom stereocenters. The Hall–Kier alpha value is -4.97. The van der Waals surface area contributed by atoms with Gasteiger partial charge in [0.15, 0.2) is 6.10 Å². The van der Waals surface area contributed by atoms with E-state index in [2.05, 4.69) is 179 Å². The molecule has 0 aromatic rings. The molecule has 468 valence electrons. The lowest BCUT2D eigenvalue weighted by atomic mass is 10.1. The zero-order chi connectivity index (χ0) is 59.9. The van der Waals surface area contributed by atoms with Gasteiger partial charge in [-0.15, -0.1) is 0 Å². The molecule has 0 rings (SSSR count). The Bertz CT molecular complexity index is 1840. The van der Waals surface area contributed by atoms with Crippen LogP contribution in [-0.2, 0) is 28.6 Å². The van der Waals surface area contributed by atoms with Gasteiger partial charge in [0.05, 0.1) is 0 Å². The highest BCUT2D eigenvalue weighted by atomic mass is 16.6. The predicted octanol–water partition coefficient (Wildman–Crippen LogP) is 23.7. The van der Waals surface area contributed by atoms with Gasteiger partial charge in [-0.3, -0.25) is 14.4 Å². The third-order valence-electron chi connectivity index (χ3n) is 14.0. The topological polar surface area (TPSA) is 78.9 Å². The van der Waals surface area contributed by atoms with E-state index in [0.717, 1.165) is 148 Å². The monoisotopic (exact) mass is 1140 g/mol. The second-order valence-corrected chi connectivity index (χ2v) is 22.0. The summed E-state index contributed by atoms with van der Waals surface area (Å²) in [6, 6.07) is 0. The van der Waals surface area contributed by atoms with Crippen LogP contribution in [0.1, 0.15) is 290 Å². The van der Waals surface area contributed by atoms with Crippen molar-refractivity contribution in [3.8, 4) is 0 Å². The van der Waals surface area contributed by atoms with E-state index < -0.39 is 6.10 Å². The maximum Gasteiger partial charge on any atom is 0.306 e. The molecule has 0 N–H and O–H groups in total. The number of hydrogen-bond donors (Lipinski definition) is 0. The summed E-state index contributed by atoms with van der Waals surface area (Å²) in [7, 11) is 0. The summed E-state index contributed by atoms with van der Waals surface area (Å²) in [5.41, 5.74) is 0. The predicted molar refractivity (Wildman–Crippen MR) is 362 cm³/mol. The number of esters is 3. The molecule has 83 heavy (non-hydrogen) atoms. The number of allylic oxidation sites excluding steroid dienone is 26. The van der Waals surface area contributed by atoms with Crippen molar-refractivity contribution in [1.29, 1.82) is 0 Å². The van der Waals surface area contributed by atoms with Crippen molar-refractivity contribution >= 4 is 17.9 Å². The fourth-order valence-electron chi connectivity index (χ4n) is 8.91. The zero-order valence-electron chi connectivity index (χ0n) is 53.7. The summed E-state index contributed by atoms with van der Waals surface area (Å²) in [5, 5.41) is 0. The molecule has 0 aromatic carbocycles. The van der Waals surface area contributed by atoms with Crippen LogP contribution in [0.5, 0.6) is 0 Å². The largest absolute Gasteiger partial charge is 0.462 e. The van der Waals surface area contributed by atoms with E-state index in [1.165, 1.54) is 103 Å². The van der Waals surface area contributed by atoms with Crippen LogP contribution in [0.2, 0.25) is 0 Å². The second-order valence-electron chi connectivity index (χ2n) is 22.0. The van der Waals surface area contributed by atoms with Crippen molar-refractivity contribution in [2.24, 2.45) is 0 Å². The molecule has 0 aliphatic heterocycles. The van der Waals surface area contributed by atoms with E-state index in [1.807, 2.05) is 0 Å². The average molecular weight is 1150 g/mol. The van der Waals surface area contributed by atoms with Crippen LogP contribution in [0.15, 0.2) is 158 Å². The third kappa shape index (κ3) is 67.7. The van der Waals surface area contributed by atoms with Crippen molar-refractivity contribution < 1.29 is 28.6 Å². The van der Waals surface area contributed by atoms with Crippen LogP contribution in [0.4, 0.5) is 0 Å². The van der Waals surface area contributed by atoms with Crippen molar-refractivity contribution in [3.05, 3.63) is 158 Å². The molecule has 0 saturated heterocycles. The standard InChI is InChI=1S/C77H124O6/c1-4-7-10-13-16-19-22-25-28-31-32-33-34-35-36-37-38-39-40-41-42-43-44-47-49-52-55-58-61-64-67-70-76(79)82-73-74(83-77(80)71-68-65-62-59-56-53-50-46-30-27-24-21-18-15-12-9-6-3)72-81-75(78)69-66-63-60-57-54-51-48-45-29-26-23-20-17-14-11-8-5-2/h7,10,16-21,25-30,32-33,35-36,38-39,41-42,44,47,52,55,74H,4-6,8-9,11-15,22-24,31,34,37,40,43,45-46,48-51,53-54,56-73H2,1-3H3/b10-7-,19-16-,20-17-,21-18-,28-25-,29-26-,30-27-,33-32-,36-35-,39-38-,42-41-,47-44-,55-52-. The van der Waals surface area contributed by atoms with Gasteiger partial charge >= 0.3 is 17.9 Å². The van der Waals surface area contributed by atoms with E-state index in [0.29, 0.717) is 19.3 Å². The maximum absolute atomic E-state index is 12.9. The van der Waals surface area contributed by atoms with Gasteiger partial charge in [0.1, 0.15) is 13.2 Å².